The summed E-state index contributed by atoms with van der Waals surface area (Å²) in [7, 11) is -3.38. The lowest BCUT2D eigenvalue weighted by molar-refractivity contribution is 0.556. The van der Waals surface area contributed by atoms with Gasteiger partial charge >= 0.3 is 0 Å². The summed E-state index contributed by atoms with van der Waals surface area (Å²) < 4.78 is 24.0. The van der Waals surface area contributed by atoms with Gasteiger partial charge in [-0.25, -0.2) is 13.4 Å². The fraction of sp³-hybridized carbons (Fsp3) is 0.688. The molecular formula is C16H26N2O2S2. The number of pyridine rings is 1. The zero-order valence-electron chi connectivity index (χ0n) is 13.9. The van der Waals surface area contributed by atoms with Crippen LogP contribution in [0.2, 0.25) is 0 Å². The van der Waals surface area contributed by atoms with Crippen LogP contribution in [0, 0.1) is 0 Å². The van der Waals surface area contributed by atoms with Crippen LogP contribution in [-0.4, -0.2) is 42.7 Å². The Bertz CT molecular complexity index is 592. The molecule has 0 radical (unpaired) electrons. The second kappa shape index (κ2) is 6.79. The Hall–Kier alpha value is -0.750. The van der Waals surface area contributed by atoms with E-state index in [0.29, 0.717) is 5.25 Å². The van der Waals surface area contributed by atoms with E-state index in [1.165, 1.54) is 19.3 Å². The van der Waals surface area contributed by atoms with Crippen molar-refractivity contribution >= 4 is 27.3 Å². The lowest BCUT2D eigenvalue weighted by Gasteiger charge is -2.26. The fourth-order valence-corrected chi connectivity index (χ4v) is 4.36. The summed E-state index contributed by atoms with van der Waals surface area (Å²) in [5.74, 6) is 0. The third-order valence-corrected chi connectivity index (χ3v) is 7.58. The number of hydrogen-bond acceptors (Lipinski definition) is 5. The third kappa shape index (κ3) is 3.77. The third-order valence-electron chi connectivity index (χ3n) is 4.13. The minimum atomic E-state index is -3.38. The highest BCUT2D eigenvalue weighted by atomic mass is 32.2. The van der Waals surface area contributed by atoms with Crippen LogP contribution in [0.15, 0.2) is 23.4 Å². The Kier molecular flexibility index (Phi) is 5.43. The van der Waals surface area contributed by atoms with Crippen molar-refractivity contribution < 1.29 is 8.42 Å². The van der Waals surface area contributed by atoms with Crippen molar-refractivity contribution in [2.24, 2.45) is 0 Å². The monoisotopic (exact) mass is 342 g/mol. The summed E-state index contributed by atoms with van der Waals surface area (Å²) in [5, 5.41) is 0.806. The number of aromatic nitrogens is 1. The molecule has 1 aliphatic heterocycles. The zero-order valence-corrected chi connectivity index (χ0v) is 15.5. The van der Waals surface area contributed by atoms with E-state index < -0.39 is 14.6 Å². The lowest BCUT2D eigenvalue weighted by Crippen LogP contribution is -2.30. The molecule has 0 bridgehead atoms. The first-order chi connectivity index (χ1) is 10.3. The second-order valence-electron chi connectivity index (χ2n) is 6.77. The van der Waals surface area contributed by atoms with Gasteiger partial charge in [0.05, 0.1) is 16.6 Å². The standard InChI is InChI=1S/C16H26N2O2S2/c1-16(2,3)22(19,20)15-9-8-13(11-17-15)18-10-6-5-7-14(12-18)21-4/h8-9,11,14H,5-7,10,12H2,1-4H3/t14-/m1/s1. The van der Waals surface area contributed by atoms with Gasteiger partial charge in [-0.05, 0) is 52.0 Å². The van der Waals surface area contributed by atoms with Crippen LogP contribution in [-0.2, 0) is 9.84 Å². The van der Waals surface area contributed by atoms with Crippen LogP contribution in [0.4, 0.5) is 5.69 Å². The predicted octanol–water partition coefficient (Wildman–Crippen LogP) is 3.38. The largest absolute Gasteiger partial charge is 0.369 e. The van der Waals surface area contributed by atoms with E-state index in [-0.39, 0.29) is 5.03 Å². The molecule has 1 fully saturated rings. The van der Waals surface area contributed by atoms with E-state index in [1.54, 1.807) is 33.0 Å². The van der Waals surface area contributed by atoms with Gasteiger partial charge in [0.15, 0.2) is 14.9 Å². The molecule has 1 atom stereocenters. The van der Waals surface area contributed by atoms with E-state index in [2.05, 4.69) is 16.1 Å². The van der Waals surface area contributed by atoms with Gasteiger partial charge in [0.25, 0.3) is 0 Å². The predicted molar refractivity (Wildman–Crippen MR) is 94.5 cm³/mol. The average Bonchev–Trinajstić information content (AvgIpc) is 2.71. The normalized spacial score (nSPS) is 20.7. The summed E-state index contributed by atoms with van der Waals surface area (Å²) in [4.78, 5) is 6.57. The van der Waals surface area contributed by atoms with E-state index >= 15 is 0 Å². The first kappa shape index (κ1) is 17.6. The molecule has 0 spiro atoms. The van der Waals surface area contributed by atoms with Crippen molar-refractivity contribution in [1.82, 2.24) is 4.98 Å². The van der Waals surface area contributed by atoms with Crippen LogP contribution in [0.1, 0.15) is 40.0 Å². The molecule has 22 heavy (non-hydrogen) atoms. The number of thioether (sulfide) groups is 1. The molecule has 0 N–H and O–H groups in total. The molecule has 1 aliphatic rings. The Balaban J connectivity index is 2.22. The fourth-order valence-electron chi connectivity index (χ4n) is 2.56. The van der Waals surface area contributed by atoms with Crippen molar-refractivity contribution in [2.45, 2.75) is 55.1 Å². The van der Waals surface area contributed by atoms with Crippen molar-refractivity contribution in [3.63, 3.8) is 0 Å². The summed E-state index contributed by atoms with van der Waals surface area (Å²) >= 11 is 1.91. The molecule has 1 aromatic heterocycles. The maximum atomic E-state index is 12.4. The van der Waals surface area contributed by atoms with Gasteiger partial charge in [-0.2, -0.15) is 11.8 Å². The highest BCUT2D eigenvalue weighted by Crippen LogP contribution is 2.27. The lowest BCUT2D eigenvalue weighted by atomic mass is 10.2. The van der Waals surface area contributed by atoms with E-state index in [9.17, 15) is 8.42 Å². The van der Waals surface area contributed by atoms with Crippen molar-refractivity contribution in [3.05, 3.63) is 18.3 Å². The topological polar surface area (TPSA) is 50.3 Å². The number of hydrogen-bond donors (Lipinski definition) is 0. The zero-order chi connectivity index (χ0) is 16.4. The van der Waals surface area contributed by atoms with Gasteiger partial charge in [-0.3, -0.25) is 0 Å². The molecule has 0 saturated carbocycles. The molecule has 2 heterocycles. The Morgan fingerprint density at radius 2 is 2.00 bits per heavy atom. The van der Waals surface area contributed by atoms with Gasteiger partial charge in [0.2, 0.25) is 0 Å². The summed E-state index contributed by atoms with van der Waals surface area (Å²) in [5.41, 5.74) is 1.02. The van der Waals surface area contributed by atoms with Crippen LogP contribution < -0.4 is 4.90 Å². The molecule has 0 amide bonds. The number of sulfone groups is 1. The number of rotatable bonds is 3. The molecule has 124 valence electrons. The summed E-state index contributed by atoms with van der Waals surface area (Å²) in [6.07, 6.45) is 7.55. The highest BCUT2D eigenvalue weighted by molar-refractivity contribution is 7.99. The molecule has 1 saturated heterocycles. The van der Waals surface area contributed by atoms with Crippen molar-refractivity contribution in [1.29, 1.82) is 0 Å². The van der Waals surface area contributed by atoms with Gasteiger partial charge in [0, 0.05) is 18.3 Å². The molecule has 0 aliphatic carbocycles. The van der Waals surface area contributed by atoms with Crippen molar-refractivity contribution in [2.75, 3.05) is 24.2 Å². The first-order valence-corrected chi connectivity index (χ1v) is 10.5. The quantitative estimate of drug-likeness (QED) is 0.843. The molecule has 0 aromatic carbocycles. The smallest absolute Gasteiger partial charge is 0.200 e. The molecule has 1 aromatic rings. The van der Waals surface area contributed by atoms with Crippen LogP contribution >= 0.6 is 11.8 Å². The molecular weight excluding hydrogens is 316 g/mol. The molecule has 2 rings (SSSR count). The van der Waals surface area contributed by atoms with Crippen LogP contribution in [0.3, 0.4) is 0 Å². The number of anilines is 1. The maximum Gasteiger partial charge on any atom is 0.200 e. The summed E-state index contributed by atoms with van der Waals surface area (Å²) in [6.45, 7) is 7.14. The highest BCUT2D eigenvalue weighted by Gasteiger charge is 2.32. The Morgan fingerprint density at radius 1 is 1.27 bits per heavy atom. The molecule has 4 nitrogen and oxygen atoms in total. The van der Waals surface area contributed by atoms with Gasteiger partial charge in [-0.15, -0.1) is 0 Å². The molecule has 6 heteroatoms. The Labute approximate surface area is 138 Å². The molecule has 0 unspecified atom stereocenters. The van der Waals surface area contributed by atoms with E-state index in [4.69, 9.17) is 0 Å². The van der Waals surface area contributed by atoms with Gasteiger partial charge in [-0.1, -0.05) is 6.42 Å². The van der Waals surface area contributed by atoms with Gasteiger partial charge in [0.1, 0.15) is 0 Å². The van der Waals surface area contributed by atoms with E-state index in [0.717, 1.165) is 18.8 Å². The minimum absolute atomic E-state index is 0.167. The average molecular weight is 343 g/mol. The maximum absolute atomic E-state index is 12.4. The van der Waals surface area contributed by atoms with Crippen molar-refractivity contribution in [3.8, 4) is 0 Å². The second-order valence-corrected chi connectivity index (χ2v) is 10.6. The number of nitrogens with zero attached hydrogens (tertiary/aromatic N) is 2. The minimum Gasteiger partial charge on any atom is -0.369 e. The van der Waals surface area contributed by atoms with Gasteiger partial charge < -0.3 is 4.90 Å². The summed E-state index contributed by atoms with van der Waals surface area (Å²) in [6, 6.07) is 3.54. The first-order valence-electron chi connectivity index (χ1n) is 7.74. The van der Waals surface area contributed by atoms with Crippen LogP contribution in [0.5, 0.6) is 0 Å². The SMILES string of the molecule is CS[C@@H]1CCCCN(c2ccc(S(=O)(=O)C(C)(C)C)nc2)C1. The van der Waals surface area contributed by atoms with E-state index in [1.807, 2.05) is 17.8 Å². The van der Waals surface area contributed by atoms with Crippen LogP contribution in [0.25, 0.3) is 0 Å². The Morgan fingerprint density at radius 3 is 2.55 bits per heavy atom.